The molecule has 0 saturated carbocycles. The highest BCUT2D eigenvalue weighted by Gasteiger charge is 2.31. The number of carbonyl (C=O) groups is 1. The molecule has 0 fully saturated rings. The Morgan fingerprint density at radius 1 is 1.21 bits per heavy atom. The van der Waals surface area contributed by atoms with Gasteiger partial charge in [-0.05, 0) is 19.3 Å². The monoisotopic (exact) mass is 195 g/mol. The van der Waals surface area contributed by atoms with Crippen LogP contribution in [0.4, 0.5) is 0 Å². The number of carbonyl (C=O) groups excluding carboxylic acids is 1. The number of hydrogen-bond donors (Lipinski definition) is 0. The lowest BCUT2D eigenvalue weighted by Crippen LogP contribution is -2.46. The molecule has 0 aromatic carbocycles. The minimum Gasteiger partial charge on any atom is -0.265 e. The molecule has 0 atom stereocenters. The Bertz CT molecular complexity index is 270. The molecule has 0 radical (unpaired) electrons. The average Bonchev–Trinajstić information content (AvgIpc) is 2.41. The third-order valence-electron chi connectivity index (χ3n) is 3.19. The summed E-state index contributed by atoms with van der Waals surface area (Å²) in [5, 5.41) is 0. The van der Waals surface area contributed by atoms with E-state index in [0.29, 0.717) is 0 Å². The molecule has 0 aliphatic carbocycles. The molecule has 0 N–H and O–H groups in total. The van der Waals surface area contributed by atoms with Crippen molar-refractivity contribution >= 4 is 11.7 Å². The smallest absolute Gasteiger partial charge is 0.265 e. The van der Waals surface area contributed by atoms with Crippen LogP contribution in [-0.2, 0) is 4.79 Å². The van der Waals surface area contributed by atoms with Gasteiger partial charge in [0.15, 0.2) is 0 Å². The summed E-state index contributed by atoms with van der Waals surface area (Å²) in [7, 11) is 0. The SMILES string of the molecule is CC(=O)N1CCC[N+]2=C1CCCCC2. The fourth-order valence-electron chi connectivity index (χ4n) is 2.48. The van der Waals surface area contributed by atoms with E-state index in [-0.39, 0.29) is 5.91 Å². The van der Waals surface area contributed by atoms with Crippen molar-refractivity contribution in [2.24, 2.45) is 0 Å². The van der Waals surface area contributed by atoms with E-state index in [9.17, 15) is 4.79 Å². The van der Waals surface area contributed by atoms with Crippen molar-refractivity contribution in [3.8, 4) is 0 Å². The molecule has 0 unspecified atom stereocenters. The van der Waals surface area contributed by atoms with Gasteiger partial charge in [0.1, 0.15) is 0 Å². The van der Waals surface area contributed by atoms with Crippen LogP contribution in [-0.4, -0.2) is 40.9 Å². The van der Waals surface area contributed by atoms with Gasteiger partial charge in [-0.25, -0.2) is 9.69 Å². The fraction of sp³-hybridized carbons (Fsp3) is 0.818. The van der Waals surface area contributed by atoms with Gasteiger partial charge in [-0.3, -0.25) is 4.58 Å². The van der Waals surface area contributed by atoms with Crippen LogP contribution >= 0.6 is 0 Å². The van der Waals surface area contributed by atoms with E-state index in [1.807, 2.05) is 4.90 Å². The molecule has 14 heavy (non-hydrogen) atoms. The first-order valence-corrected chi connectivity index (χ1v) is 5.68. The number of rotatable bonds is 0. The van der Waals surface area contributed by atoms with Gasteiger partial charge in [-0.1, -0.05) is 0 Å². The van der Waals surface area contributed by atoms with Crippen LogP contribution in [0.2, 0.25) is 0 Å². The average molecular weight is 195 g/mol. The van der Waals surface area contributed by atoms with E-state index in [0.717, 1.165) is 32.5 Å². The second-order valence-corrected chi connectivity index (χ2v) is 4.24. The number of nitrogens with zero attached hydrogens (tertiary/aromatic N) is 2. The predicted molar refractivity (Wildman–Crippen MR) is 55.5 cm³/mol. The van der Waals surface area contributed by atoms with Gasteiger partial charge in [-0.2, -0.15) is 0 Å². The van der Waals surface area contributed by atoms with E-state index < -0.39 is 0 Å². The van der Waals surface area contributed by atoms with Gasteiger partial charge in [-0.15, -0.1) is 0 Å². The van der Waals surface area contributed by atoms with Crippen LogP contribution in [0.1, 0.15) is 39.0 Å². The van der Waals surface area contributed by atoms with Gasteiger partial charge in [0.25, 0.3) is 5.84 Å². The second kappa shape index (κ2) is 4.11. The molecule has 0 spiro atoms. The third-order valence-corrected chi connectivity index (χ3v) is 3.19. The largest absolute Gasteiger partial charge is 0.306 e. The molecule has 2 rings (SSSR count). The lowest BCUT2D eigenvalue weighted by atomic mass is 10.2. The quantitative estimate of drug-likeness (QED) is 0.533. The maximum Gasteiger partial charge on any atom is 0.306 e. The summed E-state index contributed by atoms with van der Waals surface area (Å²) in [6.45, 7) is 4.92. The molecular weight excluding hydrogens is 176 g/mol. The van der Waals surface area contributed by atoms with Crippen LogP contribution < -0.4 is 0 Å². The Morgan fingerprint density at radius 3 is 2.79 bits per heavy atom. The van der Waals surface area contributed by atoms with Crippen LogP contribution in [0.15, 0.2) is 0 Å². The Balaban J connectivity index is 2.23. The van der Waals surface area contributed by atoms with Crippen LogP contribution in [0.25, 0.3) is 0 Å². The predicted octanol–water partition coefficient (Wildman–Crippen LogP) is 1.22. The molecule has 1 amide bonds. The van der Waals surface area contributed by atoms with E-state index in [4.69, 9.17) is 0 Å². The fourth-order valence-corrected chi connectivity index (χ4v) is 2.48. The van der Waals surface area contributed by atoms with Crippen molar-refractivity contribution in [1.82, 2.24) is 4.90 Å². The van der Waals surface area contributed by atoms with Crippen molar-refractivity contribution in [1.29, 1.82) is 0 Å². The van der Waals surface area contributed by atoms with Gasteiger partial charge < -0.3 is 0 Å². The summed E-state index contributed by atoms with van der Waals surface area (Å²) in [6, 6.07) is 0. The molecule has 2 heterocycles. The lowest BCUT2D eigenvalue weighted by Gasteiger charge is -2.23. The van der Waals surface area contributed by atoms with E-state index in [2.05, 4.69) is 4.58 Å². The summed E-state index contributed by atoms with van der Waals surface area (Å²) < 4.78 is 2.41. The van der Waals surface area contributed by atoms with Gasteiger partial charge in [0.2, 0.25) is 0 Å². The molecule has 0 aromatic heterocycles. The van der Waals surface area contributed by atoms with Gasteiger partial charge in [0.05, 0.1) is 19.6 Å². The highest BCUT2D eigenvalue weighted by Crippen LogP contribution is 2.14. The number of amides is 1. The normalized spacial score (nSPS) is 23.1. The number of amidine groups is 1. The van der Waals surface area contributed by atoms with E-state index in [1.165, 1.54) is 25.1 Å². The Morgan fingerprint density at radius 2 is 2.00 bits per heavy atom. The highest BCUT2D eigenvalue weighted by atomic mass is 16.2. The highest BCUT2D eigenvalue weighted by molar-refractivity contribution is 5.95. The van der Waals surface area contributed by atoms with Crippen molar-refractivity contribution < 1.29 is 9.37 Å². The minimum absolute atomic E-state index is 0.214. The molecule has 78 valence electrons. The standard InChI is InChI=1S/C11H19N2O/c1-10(14)13-9-5-8-12-7-4-2-3-6-11(12)13/h2-9H2,1H3/q+1. The summed E-state index contributed by atoms with van der Waals surface area (Å²) in [4.78, 5) is 13.4. The van der Waals surface area contributed by atoms with Crippen molar-refractivity contribution in [3.63, 3.8) is 0 Å². The summed E-state index contributed by atoms with van der Waals surface area (Å²) in [6.07, 6.45) is 6.07. The van der Waals surface area contributed by atoms with Gasteiger partial charge >= 0.3 is 5.91 Å². The zero-order chi connectivity index (χ0) is 9.97. The molecular formula is C11H19N2O+. The first-order valence-electron chi connectivity index (χ1n) is 5.68. The zero-order valence-corrected chi connectivity index (χ0v) is 8.96. The molecule has 3 heteroatoms. The van der Waals surface area contributed by atoms with Crippen molar-refractivity contribution in [2.45, 2.75) is 39.0 Å². The second-order valence-electron chi connectivity index (χ2n) is 4.24. The Kier molecular flexibility index (Phi) is 2.85. The molecule has 0 aromatic rings. The molecule has 2 aliphatic rings. The third kappa shape index (κ3) is 1.81. The first-order chi connectivity index (χ1) is 6.79. The molecule has 3 nitrogen and oxygen atoms in total. The topological polar surface area (TPSA) is 23.3 Å². The summed E-state index contributed by atoms with van der Waals surface area (Å²) >= 11 is 0. The number of hydrogen-bond acceptors (Lipinski definition) is 1. The molecule has 0 saturated heterocycles. The first kappa shape index (κ1) is 9.69. The Hall–Kier alpha value is -0.860. The van der Waals surface area contributed by atoms with Gasteiger partial charge in [0, 0.05) is 19.8 Å². The maximum atomic E-state index is 11.4. The van der Waals surface area contributed by atoms with Crippen LogP contribution in [0, 0.1) is 0 Å². The molecule has 0 bridgehead atoms. The van der Waals surface area contributed by atoms with Crippen molar-refractivity contribution in [2.75, 3.05) is 19.6 Å². The summed E-state index contributed by atoms with van der Waals surface area (Å²) in [5.74, 6) is 1.51. The van der Waals surface area contributed by atoms with Crippen LogP contribution in [0.3, 0.4) is 0 Å². The zero-order valence-electron chi connectivity index (χ0n) is 8.96. The van der Waals surface area contributed by atoms with Crippen molar-refractivity contribution in [3.05, 3.63) is 0 Å². The van der Waals surface area contributed by atoms with E-state index in [1.54, 1.807) is 6.92 Å². The lowest BCUT2D eigenvalue weighted by molar-refractivity contribution is -0.537. The maximum absolute atomic E-state index is 11.4. The Labute approximate surface area is 85.4 Å². The van der Waals surface area contributed by atoms with Crippen LogP contribution in [0.5, 0.6) is 0 Å². The minimum atomic E-state index is 0.214. The summed E-state index contributed by atoms with van der Waals surface area (Å²) in [5.41, 5.74) is 0. The van der Waals surface area contributed by atoms with E-state index >= 15 is 0 Å². The molecule has 2 aliphatic heterocycles.